The molecule has 0 saturated heterocycles. The van der Waals surface area contributed by atoms with E-state index in [0.29, 0.717) is 5.56 Å². The molecule has 2 amide bonds. The second kappa shape index (κ2) is 9.34. The molecule has 0 radical (unpaired) electrons. The summed E-state index contributed by atoms with van der Waals surface area (Å²) >= 11 is 1.03. The SMILES string of the molecule is Cc1cccc(C(C(=O)NC2CCCC2)N(C(=O)c2csnn2)c2ccccc2F)c1. The molecule has 0 aliphatic heterocycles. The number of nitrogens with zero attached hydrogens (tertiary/aromatic N) is 3. The minimum Gasteiger partial charge on any atom is -0.351 e. The van der Waals surface area contributed by atoms with Crippen molar-refractivity contribution < 1.29 is 14.0 Å². The lowest BCUT2D eigenvalue weighted by atomic mass is 10.00. The van der Waals surface area contributed by atoms with E-state index in [0.717, 1.165) is 42.8 Å². The van der Waals surface area contributed by atoms with Gasteiger partial charge in [0, 0.05) is 11.4 Å². The number of carbonyl (C=O) groups is 2. The highest BCUT2D eigenvalue weighted by molar-refractivity contribution is 7.03. The largest absolute Gasteiger partial charge is 0.351 e. The normalized spacial score (nSPS) is 14.9. The topological polar surface area (TPSA) is 75.2 Å². The summed E-state index contributed by atoms with van der Waals surface area (Å²) in [5, 5.41) is 8.45. The van der Waals surface area contributed by atoms with Crippen LogP contribution in [0.2, 0.25) is 0 Å². The van der Waals surface area contributed by atoms with E-state index in [1.165, 1.54) is 22.4 Å². The summed E-state index contributed by atoms with van der Waals surface area (Å²) in [6.07, 6.45) is 3.91. The number of amides is 2. The number of para-hydroxylation sites is 1. The number of rotatable bonds is 6. The molecule has 8 heteroatoms. The number of benzene rings is 2. The monoisotopic (exact) mass is 438 g/mol. The van der Waals surface area contributed by atoms with Crippen LogP contribution in [0.25, 0.3) is 0 Å². The predicted octanol–water partition coefficient (Wildman–Crippen LogP) is 4.43. The second-order valence-electron chi connectivity index (χ2n) is 7.72. The smallest absolute Gasteiger partial charge is 0.280 e. The highest BCUT2D eigenvalue weighted by Gasteiger charge is 2.36. The molecule has 160 valence electrons. The quantitative estimate of drug-likeness (QED) is 0.618. The van der Waals surface area contributed by atoms with Gasteiger partial charge in [-0.05, 0) is 49.0 Å². The Kier molecular flexibility index (Phi) is 6.36. The molecule has 1 unspecified atom stereocenters. The van der Waals surface area contributed by atoms with Gasteiger partial charge in [-0.2, -0.15) is 0 Å². The summed E-state index contributed by atoms with van der Waals surface area (Å²) in [6.45, 7) is 1.91. The molecule has 31 heavy (non-hydrogen) atoms. The van der Waals surface area contributed by atoms with Crippen LogP contribution in [0.3, 0.4) is 0 Å². The van der Waals surface area contributed by atoms with E-state index in [9.17, 15) is 14.0 Å². The maximum absolute atomic E-state index is 14.9. The van der Waals surface area contributed by atoms with Gasteiger partial charge in [-0.15, -0.1) is 5.10 Å². The van der Waals surface area contributed by atoms with E-state index in [1.807, 2.05) is 25.1 Å². The van der Waals surface area contributed by atoms with Crippen LogP contribution in [-0.4, -0.2) is 27.4 Å². The van der Waals surface area contributed by atoms with Crippen molar-refractivity contribution in [3.8, 4) is 0 Å². The number of hydrogen-bond acceptors (Lipinski definition) is 5. The van der Waals surface area contributed by atoms with E-state index in [4.69, 9.17) is 0 Å². The average molecular weight is 439 g/mol. The van der Waals surface area contributed by atoms with Gasteiger partial charge >= 0.3 is 0 Å². The number of hydrogen-bond donors (Lipinski definition) is 1. The van der Waals surface area contributed by atoms with Crippen molar-refractivity contribution in [1.82, 2.24) is 14.9 Å². The molecule has 0 spiro atoms. The molecular weight excluding hydrogens is 415 g/mol. The predicted molar refractivity (Wildman–Crippen MR) is 117 cm³/mol. The molecule has 1 aromatic heterocycles. The third kappa shape index (κ3) is 4.64. The fourth-order valence-electron chi connectivity index (χ4n) is 4.00. The zero-order chi connectivity index (χ0) is 21.8. The van der Waals surface area contributed by atoms with Crippen LogP contribution < -0.4 is 10.2 Å². The van der Waals surface area contributed by atoms with Crippen LogP contribution in [0.4, 0.5) is 10.1 Å². The van der Waals surface area contributed by atoms with E-state index >= 15 is 0 Å². The number of aromatic nitrogens is 2. The highest BCUT2D eigenvalue weighted by atomic mass is 32.1. The molecule has 0 bridgehead atoms. The summed E-state index contributed by atoms with van der Waals surface area (Å²) in [7, 11) is 0. The van der Waals surface area contributed by atoms with Crippen molar-refractivity contribution >= 4 is 29.0 Å². The molecule has 1 heterocycles. The third-order valence-corrected chi connectivity index (χ3v) is 5.98. The van der Waals surface area contributed by atoms with Gasteiger partial charge in [0.25, 0.3) is 5.91 Å². The van der Waals surface area contributed by atoms with Gasteiger partial charge in [0.05, 0.1) is 5.69 Å². The van der Waals surface area contributed by atoms with Crippen LogP contribution in [-0.2, 0) is 4.79 Å². The van der Waals surface area contributed by atoms with Crippen molar-refractivity contribution in [2.24, 2.45) is 0 Å². The van der Waals surface area contributed by atoms with Crippen molar-refractivity contribution in [3.63, 3.8) is 0 Å². The molecule has 1 aliphatic carbocycles. The van der Waals surface area contributed by atoms with Crippen molar-refractivity contribution in [2.75, 3.05) is 4.90 Å². The lowest BCUT2D eigenvalue weighted by molar-refractivity contribution is -0.123. The summed E-state index contributed by atoms with van der Waals surface area (Å²) in [5.41, 5.74) is 1.64. The minimum atomic E-state index is -1.05. The molecular formula is C23H23FN4O2S. The third-order valence-electron chi connectivity index (χ3n) is 5.48. The Balaban J connectivity index is 1.83. The summed E-state index contributed by atoms with van der Waals surface area (Å²) in [4.78, 5) is 28.2. The first-order valence-electron chi connectivity index (χ1n) is 10.3. The Morgan fingerprint density at radius 2 is 1.94 bits per heavy atom. The standard InChI is InChI=1S/C23H23FN4O2S/c1-15-7-6-8-16(13-15)21(22(29)25-17-9-2-3-10-17)28(20-12-5-4-11-18(20)24)23(30)19-14-31-27-26-19/h4-8,11-14,17,21H,2-3,9-10H2,1H3,(H,25,29). The first-order valence-corrected chi connectivity index (χ1v) is 11.1. The Bertz CT molecular complexity index is 1070. The first kappa shape index (κ1) is 21.1. The number of carbonyl (C=O) groups excluding carboxylic acids is 2. The van der Waals surface area contributed by atoms with Crippen LogP contribution in [0, 0.1) is 12.7 Å². The summed E-state index contributed by atoms with van der Waals surface area (Å²) < 4.78 is 18.7. The Labute approximate surface area is 184 Å². The van der Waals surface area contributed by atoms with Crippen LogP contribution in [0.15, 0.2) is 53.9 Å². The van der Waals surface area contributed by atoms with E-state index in [2.05, 4.69) is 14.9 Å². The van der Waals surface area contributed by atoms with Crippen molar-refractivity contribution in [1.29, 1.82) is 0 Å². The molecule has 6 nitrogen and oxygen atoms in total. The van der Waals surface area contributed by atoms with Crippen LogP contribution in [0.1, 0.15) is 53.3 Å². The van der Waals surface area contributed by atoms with Gasteiger partial charge in [0.1, 0.15) is 11.9 Å². The molecule has 1 aliphatic rings. The van der Waals surface area contributed by atoms with Gasteiger partial charge in [-0.25, -0.2) is 4.39 Å². The van der Waals surface area contributed by atoms with Crippen molar-refractivity contribution in [3.05, 3.63) is 76.5 Å². The molecule has 2 aromatic carbocycles. The molecule has 1 atom stereocenters. The van der Waals surface area contributed by atoms with Gasteiger partial charge in [0.15, 0.2) is 5.69 Å². The molecule has 1 saturated carbocycles. The first-order chi connectivity index (χ1) is 15.0. The maximum Gasteiger partial charge on any atom is 0.280 e. The lowest BCUT2D eigenvalue weighted by Crippen LogP contribution is -2.46. The van der Waals surface area contributed by atoms with Gasteiger partial charge < -0.3 is 5.32 Å². The Hall–Kier alpha value is -3.13. The zero-order valence-corrected chi connectivity index (χ0v) is 17.9. The average Bonchev–Trinajstić information content (AvgIpc) is 3.46. The zero-order valence-electron chi connectivity index (χ0n) is 17.1. The Morgan fingerprint density at radius 3 is 2.61 bits per heavy atom. The molecule has 3 aromatic rings. The summed E-state index contributed by atoms with van der Waals surface area (Å²) in [5.74, 6) is -1.51. The lowest BCUT2D eigenvalue weighted by Gasteiger charge is -2.32. The second-order valence-corrected chi connectivity index (χ2v) is 8.33. The van der Waals surface area contributed by atoms with Crippen molar-refractivity contribution in [2.45, 2.75) is 44.7 Å². The molecule has 4 rings (SSSR count). The van der Waals surface area contributed by atoms with Gasteiger partial charge in [0.2, 0.25) is 5.91 Å². The number of aryl methyl sites for hydroxylation is 1. The van der Waals surface area contributed by atoms with Gasteiger partial charge in [-0.1, -0.05) is 59.3 Å². The number of halogens is 1. The summed E-state index contributed by atoms with van der Waals surface area (Å²) in [6, 6.07) is 12.3. The van der Waals surface area contributed by atoms with E-state index < -0.39 is 17.8 Å². The number of anilines is 1. The minimum absolute atomic E-state index is 0.0218. The van der Waals surface area contributed by atoms with Crippen LogP contribution in [0.5, 0.6) is 0 Å². The highest BCUT2D eigenvalue weighted by Crippen LogP contribution is 2.32. The number of nitrogens with one attached hydrogen (secondary N) is 1. The molecule has 1 N–H and O–H groups in total. The fraction of sp³-hybridized carbons (Fsp3) is 0.304. The maximum atomic E-state index is 14.9. The Morgan fingerprint density at radius 1 is 1.16 bits per heavy atom. The van der Waals surface area contributed by atoms with E-state index in [1.54, 1.807) is 18.2 Å². The fourth-order valence-corrected chi connectivity index (χ4v) is 4.43. The molecule has 1 fully saturated rings. The van der Waals surface area contributed by atoms with Gasteiger partial charge in [-0.3, -0.25) is 14.5 Å². The van der Waals surface area contributed by atoms with E-state index in [-0.39, 0.29) is 23.3 Å². The van der Waals surface area contributed by atoms with Crippen LogP contribution >= 0.6 is 11.5 Å².